The Hall–Kier alpha value is -2.64. The second-order valence-corrected chi connectivity index (χ2v) is 6.84. The normalized spacial score (nSPS) is 19.9. The zero-order valence-corrected chi connectivity index (χ0v) is 15.9. The smallest absolute Gasteiger partial charge is 0.319 e. The molecule has 0 saturated carbocycles. The lowest BCUT2D eigenvalue weighted by molar-refractivity contribution is 0.0896. The first-order chi connectivity index (χ1) is 13.0. The van der Waals surface area contributed by atoms with Gasteiger partial charge in [-0.1, -0.05) is 0 Å². The fraction of sp³-hybridized carbons (Fsp3) is 0.400. The molecule has 3 rings (SSSR count). The average molecular weight is 370 g/mol. The minimum Gasteiger partial charge on any atom is -0.456 e. The Balaban J connectivity index is 1.53. The van der Waals surface area contributed by atoms with Crippen LogP contribution in [0.25, 0.3) is 0 Å². The summed E-state index contributed by atoms with van der Waals surface area (Å²) >= 11 is 0. The molecule has 1 aliphatic rings. The van der Waals surface area contributed by atoms with Crippen LogP contribution in [-0.2, 0) is 4.74 Å². The van der Waals surface area contributed by atoms with E-state index in [0.717, 1.165) is 13.1 Å². The molecule has 0 unspecified atom stereocenters. The number of nitrogens with zero attached hydrogens (tertiary/aromatic N) is 2. The van der Waals surface area contributed by atoms with Crippen LogP contribution in [0.5, 0.6) is 11.5 Å². The van der Waals surface area contributed by atoms with E-state index < -0.39 is 0 Å². The number of benzene rings is 1. The van der Waals surface area contributed by atoms with Crippen molar-refractivity contribution >= 4 is 11.7 Å². The van der Waals surface area contributed by atoms with Crippen LogP contribution >= 0.6 is 0 Å². The Bertz CT molecular complexity index is 737. The van der Waals surface area contributed by atoms with E-state index in [0.29, 0.717) is 23.2 Å². The third-order valence-corrected chi connectivity index (χ3v) is 4.63. The molecule has 2 N–H and O–H groups in total. The maximum absolute atomic E-state index is 12.3. The van der Waals surface area contributed by atoms with E-state index in [4.69, 9.17) is 9.47 Å². The van der Waals surface area contributed by atoms with Crippen LogP contribution in [-0.4, -0.2) is 54.3 Å². The third-order valence-electron chi connectivity index (χ3n) is 4.63. The highest BCUT2D eigenvalue weighted by Gasteiger charge is 2.34. The number of carbonyl (C=O) groups is 1. The summed E-state index contributed by atoms with van der Waals surface area (Å²) in [7, 11) is 1.68. The monoisotopic (exact) mass is 370 g/mol. The summed E-state index contributed by atoms with van der Waals surface area (Å²) < 4.78 is 11.2. The predicted octanol–water partition coefficient (Wildman–Crippen LogP) is 3.10. The Kier molecular flexibility index (Phi) is 6.26. The van der Waals surface area contributed by atoms with Gasteiger partial charge >= 0.3 is 6.03 Å². The van der Waals surface area contributed by atoms with Crippen LogP contribution in [0.3, 0.4) is 0 Å². The lowest BCUT2D eigenvalue weighted by atomic mass is 10.2. The molecular weight excluding hydrogens is 344 g/mol. The summed E-state index contributed by atoms with van der Waals surface area (Å²) in [5.74, 6) is 1.34. The highest BCUT2D eigenvalue weighted by Crippen LogP contribution is 2.22. The maximum Gasteiger partial charge on any atom is 0.319 e. The molecule has 27 heavy (non-hydrogen) atoms. The molecule has 0 radical (unpaired) electrons. The zero-order chi connectivity index (χ0) is 19.2. The fourth-order valence-corrected chi connectivity index (χ4v) is 3.09. The van der Waals surface area contributed by atoms with Crippen LogP contribution in [0.4, 0.5) is 10.5 Å². The van der Waals surface area contributed by atoms with E-state index in [1.165, 1.54) is 0 Å². The summed E-state index contributed by atoms with van der Waals surface area (Å²) in [6.07, 6.45) is 3.33. The maximum atomic E-state index is 12.3. The largest absolute Gasteiger partial charge is 0.456 e. The first-order valence-electron chi connectivity index (χ1n) is 9.07. The van der Waals surface area contributed by atoms with Gasteiger partial charge in [-0.05, 0) is 50.2 Å². The number of anilines is 1. The van der Waals surface area contributed by atoms with E-state index in [-0.39, 0.29) is 18.2 Å². The van der Waals surface area contributed by atoms with Gasteiger partial charge in [-0.15, -0.1) is 0 Å². The van der Waals surface area contributed by atoms with Gasteiger partial charge in [0.1, 0.15) is 11.5 Å². The summed E-state index contributed by atoms with van der Waals surface area (Å²) in [5, 5.41) is 5.87. The van der Waals surface area contributed by atoms with Crippen molar-refractivity contribution in [2.24, 2.45) is 0 Å². The summed E-state index contributed by atoms with van der Waals surface area (Å²) in [6, 6.07) is 11.0. The number of carbonyl (C=O) groups excluding carboxylic acids is 1. The van der Waals surface area contributed by atoms with E-state index >= 15 is 0 Å². The number of aromatic nitrogens is 1. The van der Waals surface area contributed by atoms with Crippen LogP contribution in [0.1, 0.15) is 13.8 Å². The number of nitrogens with one attached hydrogen (secondary N) is 2. The molecule has 2 amide bonds. The minimum absolute atomic E-state index is 0.00610. The Labute approximate surface area is 159 Å². The van der Waals surface area contributed by atoms with Crippen molar-refractivity contribution in [1.82, 2.24) is 15.2 Å². The van der Waals surface area contributed by atoms with Crippen molar-refractivity contribution in [3.05, 3.63) is 48.8 Å². The number of amides is 2. The molecule has 1 aromatic heterocycles. The molecule has 7 nitrogen and oxygen atoms in total. The van der Waals surface area contributed by atoms with Crippen molar-refractivity contribution < 1.29 is 14.3 Å². The van der Waals surface area contributed by atoms with Crippen molar-refractivity contribution in [1.29, 1.82) is 0 Å². The number of urea groups is 1. The Morgan fingerprint density at radius 2 is 1.96 bits per heavy atom. The molecule has 144 valence electrons. The first-order valence-corrected chi connectivity index (χ1v) is 9.07. The quantitative estimate of drug-likeness (QED) is 0.817. The predicted molar refractivity (Wildman–Crippen MR) is 104 cm³/mol. The third kappa shape index (κ3) is 5.18. The molecule has 0 bridgehead atoms. The molecule has 1 aliphatic heterocycles. The number of pyridine rings is 1. The first kappa shape index (κ1) is 19.1. The Morgan fingerprint density at radius 1 is 1.19 bits per heavy atom. The second kappa shape index (κ2) is 8.83. The molecule has 0 spiro atoms. The fourth-order valence-electron chi connectivity index (χ4n) is 3.09. The van der Waals surface area contributed by atoms with Crippen molar-refractivity contribution in [3.8, 4) is 11.5 Å². The topological polar surface area (TPSA) is 75.7 Å². The standard InChI is InChI=1S/C20H26N4O3/c1-14(2)24-12-18(19(13-24)26-3)23-20(25)22-15-6-8-16(9-7-15)27-17-5-4-10-21-11-17/h4-11,14,18-19H,12-13H2,1-3H3,(H2,22,23,25)/t18-,19-/m0/s1. The molecule has 1 fully saturated rings. The lowest BCUT2D eigenvalue weighted by Crippen LogP contribution is -2.45. The van der Waals surface area contributed by atoms with Crippen LogP contribution in [0, 0.1) is 0 Å². The van der Waals surface area contributed by atoms with Gasteiger partial charge in [0.15, 0.2) is 0 Å². The number of ether oxygens (including phenoxy) is 2. The molecule has 1 aromatic carbocycles. The van der Waals surface area contributed by atoms with Gasteiger partial charge in [0.2, 0.25) is 0 Å². The minimum atomic E-state index is -0.242. The van der Waals surface area contributed by atoms with E-state index in [1.54, 1.807) is 43.8 Å². The van der Waals surface area contributed by atoms with Gasteiger partial charge in [0.25, 0.3) is 0 Å². The van der Waals surface area contributed by atoms with Gasteiger partial charge in [0, 0.05) is 38.1 Å². The molecular formula is C20H26N4O3. The number of hydrogen-bond donors (Lipinski definition) is 2. The van der Waals surface area contributed by atoms with Crippen LogP contribution in [0.2, 0.25) is 0 Å². The van der Waals surface area contributed by atoms with E-state index in [2.05, 4.69) is 34.4 Å². The highest BCUT2D eigenvalue weighted by molar-refractivity contribution is 5.89. The highest BCUT2D eigenvalue weighted by atomic mass is 16.5. The molecule has 0 aliphatic carbocycles. The number of hydrogen-bond acceptors (Lipinski definition) is 5. The van der Waals surface area contributed by atoms with Gasteiger partial charge in [-0.3, -0.25) is 9.88 Å². The molecule has 2 atom stereocenters. The number of methoxy groups -OCH3 is 1. The molecule has 2 heterocycles. The summed E-state index contributed by atoms with van der Waals surface area (Å²) in [4.78, 5) is 18.7. The second-order valence-electron chi connectivity index (χ2n) is 6.84. The van der Waals surface area contributed by atoms with Gasteiger partial charge in [0.05, 0.1) is 18.3 Å². The van der Waals surface area contributed by atoms with E-state index in [9.17, 15) is 4.79 Å². The van der Waals surface area contributed by atoms with Crippen molar-refractivity contribution in [2.75, 3.05) is 25.5 Å². The molecule has 7 heteroatoms. The van der Waals surface area contributed by atoms with Crippen molar-refractivity contribution in [2.45, 2.75) is 32.0 Å². The molecule has 2 aromatic rings. The van der Waals surface area contributed by atoms with Crippen LogP contribution in [0.15, 0.2) is 48.8 Å². The van der Waals surface area contributed by atoms with Crippen molar-refractivity contribution in [3.63, 3.8) is 0 Å². The lowest BCUT2D eigenvalue weighted by Gasteiger charge is -2.20. The molecule has 1 saturated heterocycles. The van der Waals surface area contributed by atoms with Gasteiger partial charge in [-0.25, -0.2) is 4.79 Å². The number of rotatable bonds is 6. The average Bonchev–Trinajstić information content (AvgIpc) is 3.07. The Morgan fingerprint density at radius 3 is 2.59 bits per heavy atom. The van der Waals surface area contributed by atoms with Gasteiger partial charge < -0.3 is 20.1 Å². The summed E-state index contributed by atoms with van der Waals surface area (Å²) in [5.41, 5.74) is 0.693. The van der Waals surface area contributed by atoms with Crippen LogP contribution < -0.4 is 15.4 Å². The zero-order valence-electron chi connectivity index (χ0n) is 15.9. The SMILES string of the molecule is CO[C@H]1CN(C(C)C)C[C@@H]1NC(=O)Nc1ccc(Oc2cccnc2)cc1. The van der Waals surface area contributed by atoms with E-state index in [1.807, 2.05) is 12.1 Å². The summed E-state index contributed by atoms with van der Waals surface area (Å²) in [6.45, 7) is 5.88. The number of likely N-dealkylation sites (tertiary alicyclic amines) is 1. The van der Waals surface area contributed by atoms with Gasteiger partial charge in [-0.2, -0.15) is 0 Å².